The molecule has 2 heterocycles. The van der Waals surface area contributed by atoms with Crippen LogP contribution >= 0.6 is 11.3 Å². The molecule has 0 atom stereocenters. The Balaban J connectivity index is 1.55. The third-order valence-corrected chi connectivity index (χ3v) is 7.11. The molecule has 0 radical (unpaired) electrons. The third kappa shape index (κ3) is 5.70. The van der Waals surface area contributed by atoms with Crippen LogP contribution in [0.4, 0.5) is 9.52 Å². The number of hydrogen-bond acceptors (Lipinski definition) is 5. The van der Waals surface area contributed by atoms with Crippen molar-refractivity contribution in [3.05, 3.63) is 64.2 Å². The number of anilines is 1. The number of hydrogen-bond donors (Lipinski definition) is 2. The zero-order chi connectivity index (χ0) is 24.8. The first-order valence-electron chi connectivity index (χ1n) is 12.2. The fraction of sp³-hybridized carbons (Fsp3) is 0.370. The van der Waals surface area contributed by atoms with Crippen LogP contribution < -0.4 is 10.9 Å². The van der Waals surface area contributed by atoms with Crippen LogP contribution in [0.3, 0.4) is 0 Å². The molecule has 6 nitrogen and oxygen atoms in total. The second kappa shape index (κ2) is 11.4. The molecule has 1 amide bonds. The molecule has 35 heavy (non-hydrogen) atoms. The summed E-state index contributed by atoms with van der Waals surface area (Å²) in [4.78, 5) is 30.8. The van der Waals surface area contributed by atoms with Gasteiger partial charge in [0.05, 0.1) is 15.7 Å². The topological polar surface area (TPSA) is 84.2 Å². The number of nitrogens with zero attached hydrogens (tertiary/aromatic N) is 2. The first-order valence-corrected chi connectivity index (χ1v) is 13.0. The normalized spacial score (nSPS) is 11.4. The highest BCUT2D eigenvalue weighted by molar-refractivity contribution is 7.22. The molecule has 0 aliphatic carbocycles. The minimum Gasteiger partial charge on any atom is -0.506 e. The van der Waals surface area contributed by atoms with Gasteiger partial charge in [0, 0.05) is 11.9 Å². The van der Waals surface area contributed by atoms with Crippen LogP contribution in [0.5, 0.6) is 5.75 Å². The van der Waals surface area contributed by atoms with Crippen LogP contribution in [-0.4, -0.2) is 20.6 Å². The van der Waals surface area contributed by atoms with Gasteiger partial charge in [0.1, 0.15) is 17.1 Å². The summed E-state index contributed by atoms with van der Waals surface area (Å²) in [6, 6.07) is 11.2. The summed E-state index contributed by atoms with van der Waals surface area (Å²) in [5, 5.41) is 14.1. The van der Waals surface area contributed by atoms with E-state index < -0.39 is 17.3 Å². The number of thiazole rings is 1. The van der Waals surface area contributed by atoms with Gasteiger partial charge in [0.25, 0.3) is 11.5 Å². The molecule has 4 aromatic rings. The van der Waals surface area contributed by atoms with Crippen LogP contribution in [0.15, 0.2) is 47.3 Å². The number of aromatic nitrogens is 2. The lowest BCUT2D eigenvalue weighted by Gasteiger charge is -2.14. The maximum absolute atomic E-state index is 13.5. The van der Waals surface area contributed by atoms with E-state index in [1.54, 1.807) is 22.8 Å². The number of benzene rings is 2. The number of nitrogens with one attached hydrogen (secondary N) is 1. The fourth-order valence-electron chi connectivity index (χ4n) is 4.33. The highest BCUT2D eigenvalue weighted by Gasteiger charge is 2.23. The Morgan fingerprint density at radius 1 is 1.06 bits per heavy atom. The summed E-state index contributed by atoms with van der Waals surface area (Å²) in [5.41, 5.74) is 0.300. The van der Waals surface area contributed by atoms with Crippen molar-refractivity contribution in [1.29, 1.82) is 0 Å². The van der Waals surface area contributed by atoms with Gasteiger partial charge in [0.15, 0.2) is 5.13 Å². The zero-order valence-corrected chi connectivity index (χ0v) is 20.7. The molecule has 2 N–H and O–H groups in total. The second-order valence-corrected chi connectivity index (χ2v) is 9.79. The average Bonchev–Trinajstić information content (AvgIpc) is 3.23. The number of aromatic hydroxyl groups is 1. The fourth-order valence-corrected chi connectivity index (χ4v) is 5.22. The van der Waals surface area contributed by atoms with E-state index in [0.29, 0.717) is 27.7 Å². The molecule has 2 aromatic heterocycles. The number of pyridine rings is 1. The van der Waals surface area contributed by atoms with Gasteiger partial charge >= 0.3 is 0 Å². The van der Waals surface area contributed by atoms with E-state index in [1.165, 1.54) is 50.3 Å². The van der Waals surface area contributed by atoms with Crippen molar-refractivity contribution in [1.82, 2.24) is 9.55 Å². The Bertz CT molecular complexity index is 1400. The van der Waals surface area contributed by atoms with Crippen LogP contribution in [0, 0.1) is 5.82 Å². The first kappa shape index (κ1) is 24.9. The van der Waals surface area contributed by atoms with Gasteiger partial charge in [-0.1, -0.05) is 75.3 Å². The number of rotatable bonds is 11. The minimum absolute atomic E-state index is 0.234. The van der Waals surface area contributed by atoms with E-state index in [4.69, 9.17) is 0 Å². The number of aryl methyl sites for hydroxylation is 1. The molecule has 0 fully saturated rings. The lowest BCUT2D eigenvalue weighted by Crippen LogP contribution is -2.30. The van der Waals surface area contributed by atoms with Crippen molar-refractivity contribution in [2.45, 2.75) is 64.8 Å². The van der Waals surface area contributed by atoms with Crippen molar-refractivity contribution < 1.29 is 14.3 Å². The van der Waals surface area contributed by atoms with E-state index in [0.717, 1.165) is 30.6 Å². The van der Waals surface area contributed by atoms with E-state index in [9.17, 15) is 19.1 Å². The molecule has 0 aliphatic heterocycles. The smallest absolute Gasteiger partial charge is 0.267 e. The largest absolute Gasteiger partial charge is 0.506 e. The van der Waals surface area contributed by atoms with Gasteiger partial charge in [-0.25, -0.2) is 9.37 Å². The Hall–Kier alpha value is -3.26. The summed E-state index contributed by atoms with van der Waals surface area (Å²) in [6.45, 7) is 2.67. The van der Waals surface area contributed by atoms with Crippen molar-refractivity contribution in [3.8, 4) is 5.75 Å². The van der Waals surface area contributed by atoms with E-state index in [1.807, 2.05) is 6.07 Å². The number of para-hydroxylation sites is 1. The molecular formula is C27H30FN3O3S. The van der Waals surface area contributed by atoms with Gasteiger partial charge < -0.3 is 9.67 Å². The molecule has 8 heteroatoms. The molecule has 184 valence electrons. The summed E-state index contributed by atoms with van der Waals surface area (Å²) in [6.07, 6.45) is 9.10. The van der Waals surface area contributed by atoms with Crippen molar-refractivity contribution in [2.75, 3.05) is 5.32 Å². The Kier molecular flexibility index (Phi) is 8.13. The Labute approximate surface area is 207 Å². The van der Waals surface area contributed by atoms with E-state index in [2.05, 4.69) is 17.2 Å². The monoisotopic (exact) mass is 495 g/mol. The second-order valence-electron chi connectivity index (χ2n) is 8.76. The molecule has 0 saturated heterocycles. The molecule has 0 saturated carbocycles. The summed E-state index contributed by atoms with van der Waals surface area (Å²) in [5.74, 6) is -1.47. The van der Waals surface area contributed by atoms with Gasteiger partial charge in [-0.3, -0.25) is 14.9 Å². The van der Waals surface area contributed by atoms with Crippen LogP contribution in [0.2, 0.25) is 0 Å². The maximum Gasteiger partial charge on any atom is 0.267 e. The SMILES string of the molecule is CCCCCCCCCCn1c(=O)c(C(=O)Nc2nc3ccc(F)cc3s2)c(O)c2ccccc21. The highest BCUT2D eigenvalue weighted by Crippen LogP contribution is 2.30. The number of fused-ring (bicyclic) bond motifs is 2. The summed E-state index contributed by atoms with van der Waals surface area (Å²) < 4.78 is 15.7. The van der Waals surface area contributed by atoms with Gasteiger partial charge in [-0.15, -0.1) is 0 Å². The van der Waals surface area contributed by atoms with Crippen LogP contribution in [0.1, 0.15) is 68.6 Å². The highest BCUT2D eigenvalue weighted by atomic mass is 32.1. The molecule has 0 unspecified atom stereocenters. The molecular weight excluding hydrogens is 465 g/mol. The lowest BCUT2D eigenvalue weighted by atomic mass is 10.1. The predicted octanol–water partition coefficient (Wildman–Crippen LogP) is 6.85. The van der Waals surface area contributed by atoms with E-state index in [-0.39, 0.29) is 16.4 Å². The average molecular weight is 496 g/mol. The summed E-state index contributed by atoms with van der Waals surface area (Å²) in [7, 11) is 0. The number of halogens is 1. The third-order valence-electron chi connectivity index (χ3n) is 6.18. The molecule has 0 spiro atoms. The lowest BCUT2D eigenvalue weighted by molar-refractivity contribution is 0.102. The predicted molar refractivity (Wildman–Crippen MR) is 140 cm³/mol. The molecule has 4 rings (SSSR count). The number of unbranched alkanes of at least 4 members (excludes halogenated alkanes) is 7. The van der Waals surface area contributed by atoms with Crippen LogP contribution in [0.25, 0.3) is 21.1 Å². The quantitative estimate of drug-likeness (QED) is 0.223. The standard InChI is InChI=1S/C27H30FN3O3S/c1-2-3-4-5-6-7-8-11-16-31-21-13-10-9-12-19(21)24(32)23(26(31)34)25(33)30-27-29-20-15-14-18(28)17-22(20)35-27/h9-10,12-15,17,32H,2-8,11,16H2,1H3,(H,29,30,33). The molecule has 0 aliphatic rings. The Morgan fingerprint density at radius 2 is 1.77 bits per heavy atom. The minimum atomic E-state index is -0.734. The number of carbonyl (C=O) groups excluding carboxylic acids is 1. The molecule has 0 bridgehead atoms. The van der Waals surface area contributed by atoms with Crippen molar-refractivity contribution >= 4 is 43.5 Å². The van der Waals surface area contributed by atoms with Gasteiger partial charge in [0.2, 0.25) is 0 Å². The first-order chi connectivity index (χ1) is 17.0. The zero-order valence-electron chi connectivity index (χ0n) is 19.8. The maximum atomic E-state index is 13.5. The van der Waals surface area contributed by atoms with Gasteiger partial charge in [-0.2, -0.15) is 0 Å². The number of carbonyl (C=O) groups is 1. The van der Waals surface area contributed by atoms with Gasteiger partial charge in [-0.05, 0) is 36.8 Å². The van der Waals surface area contributed by atoms with Crippen LogP contribution in [-0.2, 0) is 6.54 Å². The Morgan fingerprint density at radius 3 is 2.54 bits per heavy atom. The van der Waals surface area contributed by atoms with E-state index >= 15 is 0 Å². The summed E-state index contributed by atoms with van der Waals surface area (Å²) >= 11 is 1.11. The van der Waals surface area contributed by atoms with Crippen molar-refractivity contribution in [2.24, 2.45) is 0 Å². The molecule has 2 aromatic carbocycles. The van der Waals surface area contributed by atoms with Crippen molar-refractivity contribution in [3.63, 3.8) is 0 Å². The number of amides is 1.